The number of nitrogens with one attached hydrogen (secondary N) is 2. The molecule has 0 spiro atoms. The van der Waals surface area contributed by atoms with Crippen LogP contribution in [-0.2, 0) is 0 Å². The molecule has 3 aromatic rings. The zero-order valence-corrected chi connectivity index (χ0v) is 11.9. The maximum atomic E-state index is 12.9. The van der Waals surface area contributed by atoms with Crippen LogP contribution in [0.2, 0.25) is 0 Å². The van der Waals surface area contributed by atoms with E-state index in [4.69, 9.17) is 0 Å². The zero-order valence-electron chi connectivity index (χ0n) is 11.1. The first-order valence-corrected chi connectivity index (χ1v) is 7.04. The van der Waals surface area contributed by atoms with Crippen LogP contribution in [0.4, 0.5) is 9.52 Å². The Morgan fingerprint density at radius 3 is 2.71 bits per heavy atom. The second-order valence-corrected chi connectivity index (χ2v) is 5.23. The summed E-state index contributed by atoms with van der Waals surface area (Å²) in [6, 6.07) is 6.11. The molecule has 2 N–H and O–H groups in total. The number of aromatic amines is 2. The van der Waals surface area contributed by atoms with E-state index in [1.807, 2.05) is 5.38 Å². The molecule has 1 aromatic carbocycles. The van der Waals surface area contributed by atoms with Crippen LogP contribution in [0.5, 0.6) is 0 Å². The van der Waals surface area contributed by atoms with Gasteiger partial charge in [0.15, 0.2) is 0 Å². The lowest BCUT2D eigenvalue weighted by molar-refractivity contribution is 0.628. The summed E-state index contributed by atoms with van der Waals surface area (Å²) < 4.78 is 12.9. The Morgan fingerprint density at radius 1 is 1.29 bits per heavy atom. The lowest BCUT2D eigenvalue weighted by atomic mass is 10.2. The average Bonchev–Trinajstić information content (AvgIpc) is 3.06. The van der Waals surface area contributed by atoms with Crippen LogP contribution < -0.4 is 5.56 Å². The first kappa shape index (κ1) is 13.4. The summed E-state index contributed by atoms with van der Waals surface area (Å²) in [5.41, 5.74) is 2.54. The van der Waals surface area contributed by atoms with Gasteiger partial charge in [0.1, 0.15) is 5.82 Å². The average molecular weight is 302 g/mol. The summed E-state index contributed by atoms with van der Waals surface area (Å²) >= 11 is 1.36. The molecule has 0 aliphatic heterocycles. The Balaban J connectivity index is 1.85. The quantitative estimate of drug-likeness (QED) is 0.730. The van der Waals surface area contributed by atoms with E-state index >= 15 is 0 Å². The molecule has 2 aromatic heterocycles. The summed E-state index contributed by atoms with van der Waals surface area (Å²) in [6.07, 6.45) is 1.48. The van der Waals surface area contributed by atoms with E-state index < -0.39 is 0 Å². The van der Waals surface area contributed by atoms with Gasteiger partial charge in [0.05, 0.1) is 11.3 Å². The standard InChI is InChI=1S/C14H11FN4OS/c1-8-11(13(20)19-18-8)6-16-14-17-12(7-21-14)9-2-4-10(15)5-3-9/h2-7H,1H3,(H2,18,19,20)/b16-6+. The van der Waals surface area contributed by atoms with Crippen LogP contribution in [0.3, 0.4) is 0 Å². The smallest absolute Gasteiger partial charge is 0.272 e. The van der Waals surface area contributed by atoms with E-state index in [1.165, 1.54) is 29.7 Å². The highest BCUT2D eigenvalue weighted by Gasteiger charge is 2.05. The van der Waals surface area contributed by atoms with E-state index in [0.29, 0.717) is 10.7 Å². The highest BCUT2D eigenvalue weighted by molar-refractivity contribution is 7.13. The molecule has 0 saturated carbocycles. The minimum Gasteiger partial charge on any atom is -0.302 e. The van der Waals surface area contributed by atoms with Gasteiger partial charge in [0, 0.05) is 22.9 Å². The van der Waals surface area contributed by atoms with Gasteiger partial charge in [-0.25, -0.2) is 14.4 Å². The van der Waals surface area contributed by atoms with Crippen molar-refractivity contribution in [3.63, 3.8) is 0 Å². The first-order chi connectivity index (χ1) is 10.1. The molecule has 2 heterocycles. The fraction of sp³-hybridized carbons (Fsp3) is 0.0714. The van der Waals surface area contributed by atoms with Gasteiger partial charge in [-0.1, -0.05) is 0 Å². The Kier molecular flexibility index (Phi) is 3.49. The number of rotatable bonds is 3. The lowest BCUT2D eigenvalue weighted by Crippen LogP contribution is -2.04. The fourth-order valence-electron chi connectivity index (χ4n) is 1.81. The lowest BCUT2D eigenvalue weighted by Gasteiger charge is -1.94. The third-order valence-corrected chi connectivity index (χ3v) is 3.70. The molecular weight excluding hydrogens is 291 g/mol. The molecule has 0 fully saturated rings. The third kappa shape index (κ3) is 2.82. The van der Waals surface area contributed by atoms with E-state index in [0.717, 1.165) is 17.0 Å². The fourth-order valence-corrected chi connectivity index (χ4v) is 2.48. The number of thiazole rings is 1. The molecule has 0 aliphatic rings. The Morgan fingerprint density at radius 2 is 2.05 bits per heavy atom. The zero-order chi connectivity index (χ0) is 14.8. The van der Waals surface area contributed by atoms with Gasteiger partial charge in [-0.2, -0.15) is 0 Å². The van der Waals surface area contributed by atoms with Crippen molar-refractivity contribution >= 4 is 22.7 Å². The second kappa shape index (κ2) is 5.45. The van der Waals surface area contributed by atoms with Gasteiger partial charge in [0.25, 0.3) is 5.56 Å². The normalized spacial score (nSPS) is 11.3. The van der Waals surface area contributed by atoms with Crippen LogP contribution in [-0.4, -0.2) is 21.4 Å². The number of hydrogen-bond acceptors (Lipinski definition) is 4. The Bertz CT molecular complexity index is 844. The molecule has 0 bridgehead atoms. The van der Waals surface area contributed by atoms with Crippen molar-refractivity contribution in [2.75, 3.05) is 0 Å². The SMILES string of the molecule is Cc1[nH][nH]c(=O)c1/C=N/c1nc(-c2ccc(F)cc2)cs1. The van der Waals surface area contributed by atoms with Crippen LogP contribution in [0.15, 0.2) is 39.4 Å². The number of halogens is 1. The Hall–Kier alpha value is -2.54. The molecule has 0 aliphatic carbocycles. The predicted octanol–water partition coefficient (Wildman–Crippen LogP) is 3.02. The molecule has 0 amide bonds. The monoisotopic (exact) mass is 302 g/mol. The van der Waals surface area contributed by atoms with Gasteiger partial charge in [-0.3, -0.25) is 9.89 Å². The van der Waals surface area contributed by atoms with Crippen molar-refractivity contribution in [2.24, 2.45) is 4.99 Å². The molecule has 21 heavy (non-hydrogen) atoms. The molecule has 3 rings (SSSR count). The molecule has 0 unspecified atom stereocenters. The van der Waals surface area contributed by atoms with E-state index in [1.54, 1.807) is 19.1 Å². The summed E-state index contributed by atoms with van der Waals surface area (Å²) in [5, 5.41) is 7.59. The molecule has 0 radical (unpaired) electrons. The molecule has 7 heteroatoms. The molecule has 106 valence electrons. The van der Waals surface area contributed by atoms with E-state index in [2.05, 4.69) is 20.2 Å². The van der Waals surface area contributed by atoms with Crippen molar-refractivity contribution in [3.8, 4) is 11.3 Å². The molecule has 0 atom stereocenters. The number of hydrogen-bond donors (Lipinski definition) is 2. The largest absolute Gasteiger partial charge is 0.302 e. The molecule has 5 nitrogen and oxygen atoms in total. The number of H-pyrrole nitrogens is 2. The van der Waals surface area contributed by atoms with Crippen molar-refractivity contribution in [3.05, 3.63) is 57.1 Å². The van der Waals surface area contributed by atoms with Crippen molar-refractivity contribution in [2.45, 2.75) is 6.92 Å². The van der Waals surface area contributed by atoms with Crippen LogP contribution in [0.25, 0.3) is 11.3 Å². The van der Waals surface area contributed by atoms with Gasteiger partial charge < -0.3 is 5.10 Å². The summed E-state index contributed by atoms with van der Waals surface area (Å²) in [5.74, 6) is -0.283. The summed E-state index contributed by atoms with van der Waals surface area (Å²) in [6.45, 7) is 1.78. The highest BCUT2D eigenvalue weighted by atomic mass is 32.1. The first-order valence-electron chi connectivity index (χ1n) is 6.16. The van der Waals surface area contributed by atoms with E-state index in [-0.39, 0.29) is 11.4 Å². The number of benzene rings is 1. The second-order valence-electron chi connectivity index (χ2n) is 4.40. The minimum absolute atomic E-state index is 0.216. The number of aromatic nitrogens is 3. The van der Waals surface area contributed by atoms with Gasteiger partial charge in [0.2, 0.25) is 5.13 Å². The highest BCUT2D eigenvalue weighted by Crippen LogP contribution is 2.26. The van der Waals surface area contributed by atoms with Crippen molar-refractivity contribution in [1.29, 1.82) is 0 Å². The van der Waals surface area contributed by atoms with Crippen LogP contribution in [0.1, 0.15) is 11.3 Å². The van der Waals surface area contributed by atoms with Crippen LogP contribution >= 0.6 is 11.3 Å². The number of aliphatic imine (C=N–C) groups is 1. The maximum absolute atomic E-state index is 12.9. The van der Waals surface area contributed by atoms with Gasteiger partial charge in [-0.15, -0.1) is 11.3 Å². The minimum atomic E-state index is -0.283. The topological polar surface area (TPSA) is 73.9 Å². The van der Waals surface area contributed by atoms with Gasteiger partial charge >= 0.3 is 0 Å². The Labute approximate surface area is 123 Å². The molecular formula is C14H11FN4OS. The number of aryl methyl sites for hydroxylation is 1. The number of nitrogens with zero attached hydrogens (tertiary/aromatic N) is 2. The molecule has 0 saturated heterocycles. The summed E-state index contributed by atoms with van der Waals surface area (Å²) in [4.78, 5) is 20.0. The van der Waals surface area contributed by atoms with Crippen molar-refractivity contribution < 1.29 is 4.39 Å². The van der Waals surface area contributed by atoms with Crippen molar-refractivity contribution in [1.82, 2.24) is 15.2 Å². The summed E-state index contributed by atoms with van der Waals surface area (Å²) in [7, 11) is 0. The van der Waals surface area contributed by atoms with E-state index in [9.17, 15) is 9.18 Å². The third-order valence-electron chi connectivity index (χ3n) is 2.95. The maximum Gasteiger partial charge on any atom is 0.272 e. The van der Waals surface area contributed by atoms with Crippen LogP contribution in [0, 0.1) is 12.7 Å². The van der Waals surface area contributed by atoms with Gasteiger partial charge in [-0.05, 0) is 31.2 Å². The predicted molar refractivity (Wildman–Crippen MR) is 80.9 cm³/mol.